The van der Waals surface area contributed by atoms with Crippen molar-refractivity contribution in [3.05, 3.63) is 77.3 Å². The van der Waals surface area contributed by atoms with Crippen molar-refractivity contribution in [3.8, 4) is 22.6 Å². The highest BCUT2D eigenvalue weighted by Gasteiger charge is 2.20. The number of fused-ring (bicyclic) bond motifs is 1. The molecule has 0 atom stereocenters. The fraction of sp³-hybridized carbons (Fsp3) is 0.0500. The van der Waals surface area contributed by atoms with Crippen molar-refractivity contribution in [2.75, 3.05) is 0 Å². The fourth-order valence-electron chi connectivity index (χ4n) is 2.88. The Balaban J connectivity index is 1.88. The average Bonchev–Trinajstić information content (AvgIpc) is 3.05. The third-order valence-corrected chi connectivity index (χ3v) is 4.42. The van der Waals surface area contributed by atoms with Gasteiger partial charge in [-0.2, -0.15) is 0 Å². The number of halogens is 1. The number of aromatic nitrogens is 1. The minimum atomic E-state index is -0.174. The van der Waals surface area contributed by atoms with Crippen molar-refractivity contribution in [2.24, 2.45) is 0 Å². The molecule has 0 saturated heterocycles. The van der Waals surface area contributed by atoms with Gasteiger partial charge >= 0.3 is 0 Å². The molecule has 0 spiro atoms. The molecule has 24 heavy (non-hydrogen) atoms. The second-order valence-corrected chi connectivity index (χ2v) is 5.95. The van der Waals surface area contributed by atoms with Crippen molar-refractivity contribution >= 4 is 22.4 Å². The van der Waals surface area contributed by atoms with Gasteiger partial charge in [0.25, 0.3) is 0 Å². The van der Waals surface area contributed by atoms with Gasteiger partial charge in [-0.15, -0.1) is 0 Å². The molecule has 0 aliphatic heterocycles. The van der Waals surface area contributed by atoms with Crippen LogP contribution in [-0.4, -0.2) is 10.3 Å². The van der Waals surface area contributed by atoms with Gasteiger partial charge in [0, 0.05) is 11.1 Å². The molecule has 4 heteroatoms. The number of nitrogens with zero attached hydrogens (tertiary/aromatic N) is 1. The lowest BCUT2D eigenvalue weighted by atomic mass is 10.0. The number of hydrogen-bond donors (Lipinski definition) is 1. The molecule has 0 aliphatic rings. The van der Waals surface area contributed by atoms with E-state index >= 15 is 0 Å². The Morgan fingerprint density at radius 1 is 0.917 bits per heavy atom. The van der Waals surface area contributed by atoms with Gasteiger partial charge in [-0.3, -0.25) is 0 Å². The summed E-state index contributed by atoms with van der Waals surface area (Å²) in [6, 6.07) is 21.5. The highest BCUT2D eigenvalue weighted by Crippen LogP contribution is 2.36. The average molecular weight is 336 g/mol. The molecular formula is C20H14ClNO2. The zero-order valence-electron chi connectivity index (χ0n) is 12.7. The second kappa shape index (κ2) is 6.11. The summed E-state index contributed by atoms with van der Waals surface area (Å²) in [5.41, 5.74) is 2.90. The summed E-state index contributed by atoms with van der Waals surface area (Å²) in [4.78, 5) is 0. The Bertz CT molecular complexity index is 1020. The Morgan fingerprint density at radius 3 is 2.46 bits per heavy atom. The number of benzene rings is 3. The van der Waals surface area contributed by atoms with Gasteiger partial charge in [-0.25, -0.2) is 0 Å². The fourth-order valence-corrected chi connectivity index (χ4v) is 3.10. The molecule has 0 amide bonds. The van der Waals surface area contributed by atoms with Gasteiger partial charge in [-0.05, 0) is 29.0 Å². The first-order valence-corrected chi connectivity index (χ1v) is 7.99. The molecule has 3 aromatic carbocycles. The first kappa shape index (κ1) is 14.9. The number of rotatable bonds is 3. The number of aliphatic hydroxyl groups is 1. The third-order valence-electron chi connectivity index (χ3n) is 4.09. The van der Waals surface area contributed by atoms with Gasteiger partial charge in [0.15, 0.2) is 5.76 Å². The molecule has 0 aliphatic carbocycles. The molecule has 0 unspecified atom stereocenters. The molecule has 0 bridgehead atoms. The van der Waals surface area contributed by atoms with Crippen LogP contribution in [0.5, 0.6) is 0 Å². The zero-order chi connectivity index (χ0) is 16.5. The van der Waals surface area contributed by atoms with E-state index < -0.39 is 0 Å². The first-order valence-electron chi connectivity index (χ1n) is 7.61. The molecular weight excluding hydrogens is 322 g/mol. The zero-order valence-corrected chi connectivity index (χ0v) is 13.5. The molecule has 3 nitrogen and oxygen atoms in total. The summed E-state index contributed by atoms with van der Waals surface area (Å²) in [6.45, 7) is -0.174. The molecule has 0 fully saturated rings. The summed E-state index contributed by atoms with van der Waals surface area (Å²) in [5, 5.41) is 16.9. The van der Waals surface area contributed by atoms with E-state index in [1.54, 1.807) is 6.07 Å². The van der Waals surface area contributed by atoms with Crippen LogP contribution in [0.3, 0.4) is 0 Å². The number of aliphatic hydroxyl groups excluding tert-OH is 1. The van der Waals surface area contributed by atoms with E-state index in [0.717, 1.165) is 21.9 Å². The third kappa shape index (κ3) is 2.48. The van der Waals surface area contributed by atoms with E-state index in [-0.39, 0.29) is 6.61 Å². The van der Waals surface area contributed by atoms with Crippen molar-refractivity contribution < 1.29 is 9.63 Å². The molecule has 118 valence electrons. The molecule has 1 aromatic heterocycles. The minimum absolute atomic E-state index is 0.174. The molecule has 1 N–H and O–H groups in total. The van der Waals surface area contributed by atoms with Gasteiger partial charge in [0.05, 0.1) is 17.2 Å². The highest BCUT2D eigenvalue weighted by atomic mass is 35.5. The topological polar surface area (TPSA) is 46.3 Å². The van der Waals surface area contributed by atoms with Gasteiger partial charge in [0.1, 0.15) is 5.69 Å². The SMILES string of the molecule is OCc1c(-c2ccc3ccccc3c2)noc1-c1ccccc1Cl. The normalized spacial score (nSPS) is 11.1. The van der Waals surface area contributed by atoms with Crippen LogP contribution in [0.2, 0.25) is 5.02 Å². The molecule has 0 saturated carbocycles. The maximum Gasteiger partial charge on any atom is 0.174 e. The van der Waals surface area contributed by atoms with E-state index in [9.17, 15) is 5.11 Å². The van der Waals surface area contributed by atoms with Gasteiger partial charge < -0.3 is 9.63 Å². The molecule has 0 radical (unpaired) electrons. The monoisotopic (exact) mass is 335 g/mol. The van der Waals surface area contributed by atoms with Crippen molar-refractivity contribution in [1.29, 1.82) is 0 Å². The van der Waals surface area contributed by atoms with Crippen molar-refractivity contribution in [3.63, 3.8) is 0 Å². The summed E-state index contributed by atoms with van der Waals surface area (Å²) in [6.07, 6.45) is 0. The van der Waals surface area contributed by atoms with E-state index in [1.165, 1.54) is 0 Å². The Hall–Kier alpha value is -2.62. The van der Waals surface area contributed by atoms with Crippen LogP contribution in [0, 0.1) is 0 Å². The lowest BCUT2D eigenvalue weighted by Crippen LogP contribution is -1.89. The summed E-state index contributed by atoms with van der Waals surface area (Å²) in [5.74, 6) is 0.506. The first-order chi connectivity index (χ1) is 11.8. The van der Waals surface area contributed by atoms with Crippen LogP contribution in [0.4, 0.5) is 0 Å². The van der Waals surface area contributed by atoms with Crippen molar-refractivity contribution in [1.82, 2.24) is 5.16 Å². The van der Waals surface area contributed by atoms with E-state index in [4.69, 9.17) is 16.1 Å². The maximum atomic E-state index is 9.87. The Kier molecular flexibility index (Phi) is 3.81. The van der Waals surface area contributed by atoms with Crippen LogP contribution in [-0.2, 0) is 6.61 Å². The second-order valence-electron chi connectivity index (χ2n) is 5.54. The summed E-state index contributed by atoms with van der Waals surface area (Å²) < 4.78 is 5.53. The van der Waals surface area contributed by atoms with Crippen molar-refractivity contribution in [2.45, 2.75) is 6.61 Å². The van der Waals surface area contributed by atoms with Crippen LogP contribution >= 0.6 is 11.6 Å². The van der Waals surface area contributed by atoms with Crippen LogP contribution in [0.1, 0.15) is 5.56 Å². The Morgan fingerprint density at radius 2 is 1.67 bits per heavy atom. The Labute approximate surface area is 144 Å². The smallest absolute Gasteiger partial charge is 0.174 e. The summed E-state index contributed by atoms with van der Waals surface area (Å²) >= 11 is 6.25. The van der Waals surface area contributed by atoms with Crippen LogP contribution in [0.15, 0.2) is 71.3 Å². The lowest BCUT2D eigenvalue weighted by molar-refractivity contribution is 0.281. The van der Waals surface area contributed by atoms with Crippen LogP contribution < -0.4 is 0 Å². The predicted molar refractivity (Wildman–Crippen MR) is 95.8 cm³/mol. The predicted octanol–water partition coefficient (Wildman–Crippen LogP) is 5.31. The molecule has 1 heterocycles. The maximum absolute atomic E-state index is 9.87. The largest absolute Gasteiger partial charge is 0.391 e. The van der Waals surface area contributed by atoms with Crippen LogP contribution in [0.25, 0.3) is 33.4 Å². The van der Waals surface area contributed by atoms with E-state index in [2.05, 4.69) is 11.2 Å². The number of hydrogen-bond acceptors (Lipinski definition) is 3. The van der Waals surface area contributed by atoms with E-state index in [1.807, 2.05) is 54.6 Å². The molecule has 4 aromatic rings. The molecule has 4 rings (SSSR count). The van der Waals surface area contributed by atoms with Gasteiger partial charge in [-0.1, -0.05) is 65.3 Å². The van der Waals surface area contributed by atoms with E-state index in [0.29, 0.717) is 22.0 Å². The minimum Gasteiger partial charge on any atom is -0.391 e. The summed E-state index contributed by atoms with van der Waals surface area (Å²) in [7, 11) is 0. The van der Waals surface area contributed by atoms with Gasteiger partial charge in [0.2, 0.25) is 0 Å². The quantitative estimate of drug-likeness (QED) is 0.552. The lowest BCUT2D eigenvalue weighted by Gasteiger charge is -2.04. The standard InChI is InChI=1S/C20H14ClNO2/c21-18-8-4-3-7-16(18)20-17(12-23)19(22-24-20)15-10-9-13-5-1-2-6-14(13)11-15/h1-11,23H,12H2. The highest BCUT2D eigenvalue weighted by molar-refractivity contribution is 6.33.